The fourth-order valence-corrected chi connectivity index (χ4v) is 2.05. The predicted octanol–water partition coefficient (Wildman–Crippen LogP) is 1.25. The first kappa shape index (κ1) is 14.0. The van der Waals surface area contributed by atoms with Gasteiger partial charge in [-0.2, -0.15) is 0 Å². The molecule has 0 saturated carbocycles. The zero-order valence-electron chi connectivity index (χ0n) is 11.5. The van der Waals surface area contributed by atoms with E-state index < -0.39 is 5.60 Å². The fourth-order valence-electron chi connectivity index (χ4n) is 2.05. The largest absolute Gasteiger partial charge is 0.385 e. The first-order valence-electron chi connectivity index (χ1n) is 6.78. The second kappa shape index (κ2) is 6.16. The third-order valence-electron chi connectivity index (χ3n) is 3.46. The standard InChI is InChI=1S/C13H22N4O2/c1-3-5-14-11-7-12(17-9-16-11)15-8-13(18)4-6-19-10(13)2/h7,9-10,18H,3-6,8H2,1-2H3,(H2,14,15,16,17). The van der Waals surface area contributed by atoms with Gasteiger partial charge >= 0.3 is 0 Å². The Kier molecular flexibility index (Phi) is 4.55. The van der Waals surface area contributed by atoms with E-state index in [1.54, 1.807) is 0 Å². The summed E-state index contributed by atoms with van der Waals surface area (Å²) in [5, 5.41) is 16.7. The van der Waals surface area contributed by atoms with Crippen LogP contribution in [0.5, 0.6) is 0 Å². The molecule has 0 radical (unpaired) electrons. The lowest BCUT2D eigenvalue weighted by molar-refractivity contribution is -0.0176. The Balaban J connectivity index is 1.92. The molecule has 2 atom stereocenters. The zero-order chi connectivity index (χ0) is 13.7. The van der Waals surface area contributed by atoms with E-state index in [-0.39, 0.29) is 6.10 Å². The maximum Gasteiger partial charge on any atom is 0.131 e. The second-order valence-corrected chi connectivity index (χ2v) is 4.94. The summed E-state index contributed by atoms with van der Waals surface area (Å²) in [6.45, 7) is 5.91. The number of ether oxygens (including phenoxy) is 1. The molecule has 1 aliphatic heterocycles. The molecule has 1 fully saturated rings. The summed E-state index contributed by atoms with van der Waals surface area (Å²) in [7, 11) is 0. The number of nitrogens with zero attached hydrogens (tertiary/aromatic N) is 2. The van der Waals surface area contributed by atoms with Gasteiger partial charge in [0.25, 0.3) is 0 Å². The zero-order valence-corrected chi connectivity index (χ0v) is 11.5. The Labute approximate surface area is 113 Å². The molecule has 0 spiro atoms. The molecule has 2 rings (SSSR count). The third-order valence-corrected chi connectivity index (χ3v) is 3.46. The van der Waals surface area contributed by atoms with Crippen molar-refractivity contribution in [3.05, 3.63) is 12.4 Å². The molecule has 6 heteroatoms. The van der Waals surface area contributed by atoms with Crippen LogP contribution in [0.2, 0.25) is 0 Å². The van der Waals surface area contributed by atoms with Crippen molar-refractivity contribution in [3.63, 3.8) is 0 Å². The van der Waals surface area contributed by atoms with E-state index >= 15 is 0 Å². The van der Waals surface area contributed by atoms with E-state index in [1.807, 2.05) is 13.0 Å². The fraction of sp³-hybridized carbons (Fsp3) is 0.692. The van der Waals surface area contributed by atoms with Crippen LogP contribution in [0.1, 0.15) is 26.7 Å². The molecule has 3 N–H and O–H groups in total. The van der Waals surface area contributed by atoms with Gasteiger partial charge in [-0.15, -0.1) is 0 Å². The molecule has 6 nitrogen and oxygen atoms in total. The molecule has 2 unspecified atom stereocenters. The molecule has 2 heterocycles. The summed E-state index contributed by atoms with van der Waals surface area (Å²) >= 11 is 0. The quantitative estimate of drug-likeness (QED) is 0.719. The lowest BCUT2D eigenvalue weighted by atomic mass is 9.97. The summed E-state index contributed by atoms with van der Waals surface area (Å²) in [6.07, 6.45) is 3.05. The smallest absolute Gasteiger partial charge is 0.131 e. The number of hydrogen-bond donors (Lipinski definition) is 3. The second-order valence-electron chi connectivity index (χ2n) is 4.94. The highest BCUT2D eigenvalue weighted by atomic mass is 16.5. The minimum absolute atomic E-state index is 0.153. The number of aliphatic hydroxyl groups is 1. The van der Waals surface area contributed by atoms with Crippen molar-refractivity contribution < 1.29 is 9.84 Å². The van der Waals surface area contributed by atoms with Gasteiger partial charge < -0.3 is 20.5 Å². The Morgan fingerprint density at radius 2 is 2.16 bits per heavy atom. The van der Waals surface area contributed by atoms with Crippen molar-refractivity contribution in [3.8, 4) is 0 Å². The Bertz CT molecular complexity index is 415. The van der Waals surface area contributed by atoms with E-state index in [1.165, 1.54) is 6.33 Å². The maximum absolute atomic E-state index is 10.4. The molecule has 0 aromatic carbocycles. The van der Waals surface area contributed by atoms with E-state index in [0.717, 1.165) is 18.8 Å². The SMILES string of the molecule is CCCNc1cc(NCC2(O)CCOC2C)ncn1. The average Bonchev–Trinajstić information content (AvgIpc) is 2.75. The van der Waals surface area contributed by atoms with E-state index in [0.29, 0.717) is 25.4 Å². The lowest BCUT2D eigenvalue weighted by Gasteiger charge is -2.26. The van der Waals surface area contributed by atoms with Crippen LogP contribution in [0, 0.1) is 0 Å². The van der Waals surface area contributed by atoms with Gasteiger partial charge in [-0.05, 0) is 13.3 Å². The number of aromatic nitrogens is 2. The summed E-state index contributed by atoms with van der Waals surface area (Å²) in [6, 6.07) is 1.85. The minimum Gasteiger partial charge on any atom is -0.385 e. The normalized spacial score (nSPS) is 26.4. The first-order valence-corrected chi connectivity index (χ1v) is 6.78. The van der Waals surface area contributed by atoms with Crippen LogP contribution in [0.3, 0.4) is 0 Å². The van der Waals surface area contributed by atoms with Crippen molar-refractivity contribution in [2.24, 2.45) is 0 Å². The summed E-state index contributed by atoms with van der Waals surface area (Å²) in [5.41, 5.74) is -0.817. The molecule has 0 bridgehead atoms. The summed E-state index contributed by atoms with van der Waals surface area (Å²) in [4.78, 5) is 8.29. The Morgan fingerprint density at radius 3 is 2.79 bits per heavy atom. The van der Waals surface area contributed by atoms with Crippen LogP contribution < -0.4 is 10.6 Å². The van der Waals surface area contributed by atoms with Crippen molar-refractivity contribution in [2.75, 3.05) is 30.3 Å². The summed E-state index contributed by atoms with van der Waals surface area (Å²) < 4.78 is 5.40. The van der Waals surface area contributed by atoms with Crippen LogP contribution in [0.25, 0.3) is 0 Å². The van der Waals surface area contributed by atoms with Crippen LogP contribution in [0.4, 0.5) is 11.6 Å². The van der Waals surface area contributed by atoms with Crippen molar-refractivity contribution in [1.82, 2.24) is 9.97 Å². The van der Waals surface area contributed by atoms with Gasteiger partial charge in [0.15, 0.2) is 0 Å². The molecule has 0 amide bonds. The van der Waals surface area contributed by atoms with Gasteiger partial charge in [0.2, 0.25) is 0 Å². The summed E-state index contributed by atoms with van der Waals surface area (Å²) in [5.74, 6) is 1.50. The Hall–Kier alpha value is -1.40. The molecule has 1 aliphatic rings. The molecular formula is C13H22N4O2. The highest BCUT2D eigenvalue weighted by Gasteiger charge is 2.39. The highest BCUT2D eigenvalue weighted by molar-refractivity contribution is 5.46. The molecular weight excluding hydrogens is 244 g/mol. The van der Waals surface area contributed by atoms with Gasteiger partial charge in [-0.1, -0.05) is 6.92 Å². The van der Waals surface area contributed by atoms with E-state index in [4.69, 9.17) is 4.74 Å². The Morgan fingerprint density at radius 1 is 1.42 bits per heavy atom. The molecule has 19 heavy (non-hydrogen) atoms. The third kappa shape index (κ3) is 3.54. The van der Waals surface area contributed by atoms with Crippen LogP contribution in [-0.2, 0) is 4.74 Å². The maximum atomic E-state index is 10.4. The number of rotatable bonds is 6. The van der Waals surface area contributed by atoms with E-state index in [9.17, 15) is 5.11 Å². The monoisotopic (exact) mass is 266 g/mol. The molecule has 1 aromatic rings. The number of anilines is 2. The molecule has 0 aliphatic carbocycles. The van der Waals surface area contributed by atoms with Gasteiger partial charge in [-0.3, -0.25) is 0 Å². The average molecular weight is 266 g/mol. The van der Waals surface area contributed by atoms with Gasteiger partial charge in [0.1, 0.15) is 23.6 Å². The van der Waals surface area contributed by atoms with Crippen LogP contribution in [-0.4, -0.2) is 46.5 Å². The number of hydrogen-bond acceptors (Lipinski definition) is 6. The topological polar surface area (TPSA) is 79.3 Å². The number of nitrogens with one attached hydrogen (secondary N) is 2. The van der Waals surface area contributed by atoms with Crippen molar-refractivity contribution in [2.45, 2.75) is 38.4 Å². The van der Waals surface area contributed by atoms with Gasteiger partial charge in [-0.25, -0.2) is 9.97 Å². The van der Waals surface area contributed by atoms with Crippen LogP contribution >= 0.6 is 0 Å². The lowest BCUT2D eigenvalue weighted by Crippen LogP contribution is -2.43. The highest BCUT2D eigenvalue weighted by Crippen LogP contribution is 2.25. The molecule has 1 saturated heterocycles. The van der Waals surface area contributed by atoms with Crippen LogP contribution in [0.15, 0.2) is 12.4 Å². The predicted molar refractivity (Wildman–Crippen MR) is 74.3 cm³/mol. The van der Waals surface area contributed by atoms with E-state index in [2.05, 4.69) is 27.5 Å². The van der Waals surface area contributed by atoms with Crippen molar-refractivity contribution in [1.29, 1.82) is 0 Å². The minimum atomic E-state index is -0.817. The first-order chi connectivity index (χ1) is 9.14. The van der Waals surface area contributed by atoms with Gasteiger partial charge in [0, 0.05) is 32.2 Å². The molecule has 1 aromatic heterocycles. The molecule has 106 valence electrons. The van der Waals surface area contributed by atoms with Crippen molar-refractivity contribution >= 4 is 11.6 Å². The van der Waals surface area contributed by atoms with Gasteiger partial charge in [0.05, 0.1) is 6.10 Å².